The molecule has 1 aliphatic heterocycles. The van der Waals surface area contributed by atoms with Crippen LogP contribution in [0.15, 0.2) is 60.7 Å². The van der Waals surface area contributed by atoms with Crippen LogP contribution in [0.5, 0.6) is 0 Å². The van der Waals surface area contributed by atoms with Gasteiger partial charge in [-0.15, -0.1) is 0 Å². The number of hydrogen-bond acceptors (Lipinski definition) is 6. The summed E-state index contributed by atoms with van der Waals surface area (Å²) in [7, 11) is 2.11. The molecular formula is C34H49N5O4. The molecule has 2 aromatic carbocycles. The summed E-state index contributed by atoms with van der Waals surface area (Å²) >= 11 is 0. The van der Waals surface area contributed by atoms with Gasteiger partial charge in [-0.1, -0.05) is 74.5 Å². The lowest BCUT2D eigenvalue weighted by molar-refractivity contribution is -0.140. The van der Waals surface area contributed by atoms with E-state index in [4.69, 9.17) is 0 Å². The van der Waals surface area contributed by atoms with Crippen molar-refractivity contribution in [2.75, 3.05) is 46.3 Å². The van der Waals surface area contributed by atoms with Crippen LogP contribution < -0.4 is 16.0 Å². The number of hydrogen-bond donors (Lipinski definition) is 3. The van der Waals surface area contributed by atoms with Crippen LogP contribution in [0.4, 0.5) is 0 Å². The third-order valence-corrected chi connectivity index (χ3v) is 7.80. The zero-order valence-corrected chi connectivity index (χ0v) is 26.0. The predicted molar refractivity (Wildman–Crippen MR) is 169 cm³/mol. The Kier molecular flexibility index (Phi) is 14.3. The average Bonchev–Trinajstić information content (AvgIpc) is 3.01. The SMILES string of the molecule is CC(C)C[C@H](NC(=O)CCc1ccccc1)C(=O)NC(CCc1ccccc1)C(=O)C(=O)NCCCN1CCN(C)CC1. The van der Waals surface area contributed by atoms with E-state index in [1.165, 1.54) is 0 Å². The van der Waals surface area contributed by atoms with Crippen molar-refractivity contribution >= 4 is 23.5 Å². The number of rotatable bonds is 17. The Hall–Kier alpha value is -3.56. The maximum Gasteiger partial charge on any atom is 0.289 e. The Morgan fingerprint density at radius 2 is 1.40 bits per heavy atom. The van der Waals surface area contributed by atoms with E-state index >= 15 is 0 Å². The normalized spacial score (nSPS) is 15.4. The van der Waals surface area contributed by atoms with Crippen molar-refractivity contribution in [3.05, 3.63) is 71.8 Å². The predicted octanol–water partition coefficient (Wildman–Crippen LogP) is 2.59. The molecule has 2 aromatic rings. The second-order valence-electron chi connectivity index (χ2n) is 11.9. The first-order chi connectivity index (χ1) is 20.7. The van der Waals surface area contributed by atoms with Crippen molar-refractivity contribution in [2.45, 2.75) is 64.5 Å². The molecule has 3 amide bonds. The molecule has 9 heteroatoms. The highest BCUT2D eigenvalue weighted by Gasteiger charge is 2.30. The number of likely N-dealkylation sites (N-methyl/N-ethyl adjacent to an activating group) is 1. The first-order valence-corrected chi connectivity index (χ1v) is 15.6. The largest absolute Gasteiger partial charge is 0.349 e. The summed E-state index contributed by atoms with van der Waals surface area (Å²) in [5.74, 6) is -1.90. The zero-order chi connectivity index (χ0) is 31.0. The minimum atomic E-state index is -0.999. The van der Waals surface area contributed by atoms with E-state index in [0.29, 0.717) is 25.8 Å². The maximum atomic E-state index is 13.5. The minimum Gasteiger partial charge on any atom is -0.349 e. The maximum absolute atomic E-state index is 13.5. The molecule has 3 N–H and O–H groups in total. The van der Waals surface area contributed by atoms with Gasteiger partial charge in [0.25, 0.3) is 5.91 Å². The molecule has 1 aliphatic rings. The standard InChI is InChI=1S/C34H49N5O4/c1-26(2)25-30(36-31(40)18-16-28-13-8-5-9-14-28)33(42)37-29(17-15-27-11-6-4-7-12-27)32(41)34(43)35-19-10-20-39-23-21-38(3)22-24-39/h4-9,11-14,26,29-30H,10,15-25H2,1-3H3,(H,35,43)(H,36,40)(H,37,42)/t29?,30-/m0/s1. The van der Waals surface area contributed by atoms with Gasteiger partial charge in [-0.3, -0.25) is 19.2 Å². The lowest BCUT2D eigenvalue weighted by Gasteiger charge is -2.32. The van der Waals surface area contributed by atoms with Crippen LogP contribution in [0.3, 0.4) is 0 Å². The van der Waals surface area contributed by atoms with Gasteiger partial charge in [-0.2, -0.15) is 0 Å². The molecule has 0 aliphatic carbocycles. The smallest absolute Gasteiger partial charge is 0.289 e. The number of nitrogens with zero attached hydrogens (tertiary/aromatic N) is 2. The molecular weight excluding hydrogens is 542 g/mol. The quantitative estimate of drug-likeness (QED) is 0.193. The first-order valence-electron chi connectivity index (χ1n) is 15.6. The Morgan fingerprint density at radius 3 is 2.00 bits per heavy atom. The molecule has 1 heterocycles. The van der Waals surface area contributed by atoms with Gasteiger partial charge in [-0.25, -0.2) is 0 Å². The monoisotopic (exact) mass is 591 g/mol. The summed E-state index contributed by atoms with van der Waals surface area (Å²) in [6, 6.07) is 17.6. The summed E-state index contributed by atoms with van der Waals surface area (Å²) < 4.78 is 0. The molecule has 2 atom stereocenters. The Balaban J connectivity index is 1.59. The number of aryl methyl sites for hydroxylation is 2. The van der Waals surface area contributed by atoms with Gasteiger partial charge < -0.3 is 25.8 Å². The van der Waals surface area contributed by atoms with Crippen molar-refractivity contribution < 1.29 is 19.2 Å². The lowest BCUT2D eigenvalue weighted by atomic mass is 9.99. The molecule has 3 rings (SSSR count). The topological polar surface area (TPSA) is 111 Å². The lowest BCUT2D eigenvalue weighted by Crippen LogP contribution is -2.54. The van der Waals surface area contributed by atoms with Crippen molar-refractivity contribution in [3.63, 3.8) is 0 Å². The molecule has 9 nitrogen and oxygen atoms in total. The number of Topliss-reactive ketones (excluding diaryl/α,β-unsaturated/α-hetero) is 1. The summed E-state index contributed by atoms with van der Waals surface area (Å²) in [5.41, 5.74) is 2.05. The summed E-state index contributed by atoms with van der Waals surface area (Å²) in [4.78, 5) is 57.2. The van der Waals surface area contributed by atoms with Gasteiger partial charge in [-0.05, 0) is 62.7 Å². The zero-order valence-electron chi connectivity index (χ0n) is 26.0. The Bertz CT molecular complexity index is 1150. The van der Waals surface area contributed by atoms with E-state index in [0.717, 1.165) is 50.3 Å². The third kappa shape index (κ3) is 12.7. The van der Waals surface area contributed by atoms with Gasteiger partial charge in [0.05, 0.1) is 6.04 Å². The molecule has 1 fully saturated rings. The molecule has 0 radical (unpaired) electrons. The van der Waals surface area contributed by atoms with Crippen LogP contribution in [-0.2, 0) is 32.0 Å². The van der Waals surface area contributed by atoms with E-state index in [9.17, 15) is 19.2 Å². The number of ketones is 1. The van der Waals surface area contributed by atoms with Gasteiger partial charge in [0.2, 0.25) is 17.6 Å². The van der Waals surface area contributed by atoms with E-state index in [-0.39, 0.29) is 24.7 Å². The van der Waals surface area contributed by atoms with Crippen molar-refractivity contribution in [3.8, 4) is 0 Å². The number of piperazine rings is 1. The highest BCUT2D eigenvalue weighted by molar-refractivity contribution is 6.38. The first kappa shape index (κ1) is 33.9. The molecule has 1 saturated heterocycles. The van der Waals surface area contributed by atoms with Gasteiger partial charge in [0.15, 0.2) is 0 Å². The highest BCUT2D eigenvalue weighted by atomic mass is 16.2. The number of amides is 3. The second kappa shape index (κ2) is 18.2. The Morgan fingerprint density at radius 1 is 0.791 bits per heavy atom. The van der Waals surface area contributed by atoms with Gasteiger partial charge in [0.1, 0.15) is 6.04 Å². The van der Waals surface area contributed by atoms with E-state index < -0.39 is 29.7 Å². The number of carbonyl (C=O) groups excluding carboxylic acids is 4. The molecule has 0 spiro atoms. The molecule has 0 aromatic heterocycles. The fraction of sp³-hybridized carbons (Fsp3) is 0.529. The minimum absolute atomic E-state index is 0.132. The fourth-order valence-corrected chi connectivity index (χ4v) is 5.19. The molecule has 234 valence electrons. The van der Waals surface area contributed by atoms with Crippen molar-refractivity contribution in [1.82, 2.24) is 25.8 Å². The number of benzene rings is 2. The van der Waals surface area contributed by atoms with Crippen LogP contribution in [-0.4, -0.2) is 91.7 Å². The number of nitrogens with one attached hydrogen (secondary N) is 3. The van der Waals surface area contributed by atoms with Crippen molar-refractivity contribution in [2.24, 2.45) is 5.92 Å². The summed E-state index contributed by atoms with van der Waals surface area (Å²) in [6.45, 7) is 9.25. The molecule has 1 unspecified atom stereocenters. The van der Waals surface area contributed by atoms with Crippen LogP contribution >= 0.6 is 0 Å². The molecule has 0 bridgehead atoms. The Labute approximate surface area is 256 Å². The van der Waals surface area contributed by atoms with Crippen molar-refractivity contribution in [1.29, 1.82) is 0 Å². The fourth-order valence-electron chi connectivity index (χ4n) is 5.19. The average molecular weight is 592 g/mol. The number of carbonyl (C=O) groups is 4. The highest BCUT2D eigenvalue weighted by Crippen LogP contribution is 2.10. The van der Waals surface area contributed by atoms with E-state index in [1.807, 2.05) is 74.5 Å². The molecule has 0 saturated carbocycles. The summed E-state index contributed by atoms with van der Waals surface area (Å²) in [5, 5.41) is 8.45. The van der Waals surface area contributed by atoms with Gasteiger partial charge in [0, 0.05) is 39.1 Å². The molecule has 43 heavy (non-hydrogen) atoms. The van der Waals surface area contributed by atoms with Crippen LogP contribution in [0.1, 0.15) is 50.7 Å². The van der Waals surface area contributed by atoms with Crippen LogP contribution in [0, 0.1) is 5.92 Å². The van der Waals surface area contributed by atoms with Crippen LogP contribution in [0.25, 0.3) is 0 Å². The van der Waals surface area contributed by atoms with Gasteiger partial charge >= 0.3 is 0 Å². The second-order valence-corrected chi connectivity index (χ2v) is 11.9. The van der Waals surface area contributed by atoms with Crippen LogP contribution in [0.2, 0.25) is 0 Å². The third-order valence-electron chi connectivity index (χ3n) is 7.80. The van der Waals surface area contributed by atoms with E-state index in [2.05, 4.69) is 32.8 Å². The van der Waals surface area contributed by atoms with E-state index in [1.54, 1.807) is 0 Å². The summed E-state index contributed by atoms with van der Waals surface area (Å²) in [6.07, 6.45) is 2.77.